The highest BCUT2D eigenvalue weighted by atomic mass is 16.5. The minimum absolute atomic E-state index is 0.0163. The number of hydrogen-bond donors (Lipinski definition) is 3. The topological polar surface area (TPSA) is 154 Å². The number of hydrogen-bond acceptors (Lipinski definition) is 7. The number of carbonyl (C=O) groups excluding carboxylic acids is 5. The molecule has 0 saturated carbocycles. The van der Waals surface area contributed by atoms with Gasteiger partial charge < -0.3 is 30.3 Å². The Morgan fingerprint density at radius 2 is 1.80 bits per heavy atom. The molecular formula is C28H38N6O6. The first kappa shape index (κ1) is 30.3. The molecule has 3 N–H and O–H groups in total. The van der Waals surface area contributed by atoms with Crippen molar-refractivity contribution in [2.24, 2.45) is 5.92 Å². The molecule has 12 heteroatoms. The maximum Gasteiger partial charge on any atom is 0.293 e. The van der Waals surface area contributed by atoms with Crippen LogP contribution in [0.1, 0.15) is 49.0 Å². The monoisotopic (exact) mass is 554 g/mol. The molecule has 1 aliphatic heterocycles. The third-order valence-electron chi connectivity index (χ3n) is 6.74. The van der Waals surface area contributed by atoms with E-state index in [9.17, 15) is 24.0 Å². The number of likely N-dealkylation sites (N-methyl/N-ethyl adjacent to an activating group) is 1. The summed E-state index contributed by atoms with van der Waals surface area (Å²) < 4.78 is 5.15. The molecule has 1 saturated heterocycles. The zero-order chi connectivity index (χ0) is 29.4. The van der Waals surface area contributed by atoms with Gasteiger partial charge >= 0.3 is 0 Å². The summed E-state index contributed by atoms with van der Waals surface area (Å²) in [6.07, 6.45) is 0.580. The summed E-state index contributed by atoms with van der Waals surface area (Å²) in [4.78, 5) is 68.5. The Hall–Kier alpha value is -4.22. The zero-order valence-electron chi connectivity index (χ0n) is 23.6. The quantitative estimate of drug-likeness (QED) is 0.502. The van der Waals surface area contributed by atoms with E-state index < -0.39 is 47.7 Å². The predicted octanol–water partition coefficient (Wildman–Crippen LogP) is 0.660. The van der Waals surface area contributed by atoms with Gasteiger partial charge in [0.05, 0.1) is 12.2 Å². The van der Waals surface area contributed by atoms with Crippen molar-refractivity contribution in [3.63, 3.8) is 0 Å². The Balaban J connectivity index is 1.89. The SMILES string of the molecule is Cc1cc(C(=O)N2CCCNC(=O)[C@H](Cc3ccccc3)NC(=O)CN(C)C(=O)[C@H](C(C)C)NC(=O)[C@H]2C)on1. The van der Waals surface area contributed by atoms with Crippen molar-refractivity contribution in [1.82, 2.24) is 30.9 Å². The van der Waals surface area contributed by atoms with E-state index in [1.54, 1.807) is 27.7 Å². The van der Waals surface area contributed by atoms with Gasteiger partial charge in [0.1, 0.15) is 18.1 Å². The molecule has 216 valence electrons. The van der Waals surface area contributed by atoms with Gasteiger partial charge in [-0.2, -0.15) is 0 Å². The van der Waals surface area contributed by atoms with E-state index in [1.807, 2.05) is 30.3 Å². The van der Waals surface area contributed by atoms with Crippen LogP contribution in [-0.4, -0.2) is 89.3 Å². The largest absolute Gasteiger partial charge is 0.354 e. The van der Waals surface area contributed by atoms with Crippen LogP contribution in [-0.2, 0) is 25.6 Å². The molecule has 1 fully saturated rings. The number of amides is 5. The highest BCUT2D eigenvalue weighted by Gasteiger charge is 2.34. The van der Waals surface area contributed by atoms with Crippen LogP contribution in [0.25, 0.3) is 0 Å². The van der Waals surface area contributed by atoms with E-state index in [2.05, 4.69) is 21.1 Å². The maximum absolute atomic E-state index is 13.3. The average Bonchev–Trinajstić information content (AvgIpc) is 3.36. The fourth-order valence-corrected chi connectivity index (χ4v) is 4.42. The van der Waals surface area contributed by atoms with Crippen LogP contribution in [0.2, 0.25) is 0 Å². The van der Waals surface area contributed by atoms with Crippen molar-refractivity contribution >= 4 is 29.5 Å². The molecule has 2 heterocycles. The number of nitrogens with zero attached hydrogens (tertiary/aromatic N) is 3. The smallest absolute Gasteiger partial charge is 0.293 e. The summed E-state index contributed by atoms with van der Waals surface area (Å²) in [5, 5.41) is 12.1. The van der Waals surface area contributed by atoms with Crippen LogP contribution in [0, 0.1) is 12.8 Å². The molecule has 0 unspecified atom stereocenters. The van der Waals surface area contributed by atoms with Crippen molar-refractivity contribution in [3.8, 4) is 0 Å². The standard InChI is InChI=1S/C28H38N6O6/c1-17(2)24-28(39)33(5)16-23(35)30-21(15-20-10-7-6-8-11-20)26(37)29-12-9-13-34(19(4)25(36)31-24)27(38)22-14-18(3)32-40-22/h6-8,10-11,14,17,19,21,24H,9,12-13,15-16H2,1-5H3,(H,29,37)(H,30,35)(H,31,36)/t19-,21+,24+/m1/s1. The zero-order valence-corrected chi connectivity index (χ0v) is 23.6. The van der Waals surface area contributed by atoms with Crippen LogP contribution in [0.5, 0.6) is 0 Å². The fraction of sp³-hybridized carbons (Fsp3) is 0.500. The van der Waals surface area contributed by atoms with Crippen LogP contribution in [0.15, 0.2) is 40.9 Å². The lowest BCUT2D eigenvalue weighted by molar-refractivity contribution is -0.140. The molecule has 0 bridgehead atoms. The lowest BCUT2D eigenvalue weighted by atomic mass is 10.0. The Bertz CT molecular complexity index is 1210. The third kappa shape index (κ3) is 7.90. The molecule has 3 atom stereocenters. The second-order valence-corrected chi connectivity index (χ2v) is 10.4. The van der Waals surface area contributed by atoms with Crippen LogP contribution in [0.3, 0.4) is 0 Å². The normalized spacial score (nSPS) is 22.1. The average molecular weight is 555 g/mol. The minimum Gasteiger partial charge on any atom is -0.354 e. The maximum atomic E-state index is 13.3. The van der Waals surface area contributed by atoms with Gasteiger partial charge in [-0.3, -0.25) is 24.0 Å². The van der Waals surface area contributed by atoms with E-state index in [4.69, 9.17) is 4.52 Å². The van der Waals surface area contributed by atoms with Crippen LogP contribution >= 0.6 is 0 Å². The van der Waals surface area contributed by atoms with Gasteiger partial charge in [0, 0.05) is 32.6 Å². The molecule has 0 radical (unpaired) electrons. The van der Waals surface area contributed by atoms with Crippen molar-refractivity contribution in [3.05, 3.63) is 53.4 Å². The third-order valence-corrected chi connectivity index (χ3v) is 6.74. The van der Waals surface area contributed by atoms with Gasteiger partial charge in [-0.15, -0.1) is 0 Å². The molecule has 1 aromatic heterocycles. The number of aromatic nitrogens is 1. The molecule has 1 aromatic carbocycles. The molecule has 2 aromatic rings. The van der Waals surface area contributed by atoms with E-state index in [1.165, 1.54) is 22.9 Å². The summed E-state index contributed by atoms with van der Waals surface area (Å²) in [6, 6.07) is 7.99. The Morgan fingerprint density at radius 1 is 1.10 bits per heavy atom. The Morgan fingerprint density at radius 3 is 2.42 bits per heavy atom. The number of benzene rings is 1. The number of rotatable bonds is 4. The van der Waals surface area contributed by atoms with Gasteiger partial charge in [-0.05, 0) is 31.7 Å². The molecule has 0 aliphatic carbocycles. The summed E-state index contributed by atoms with van der Waals surface area (Å²) in [6.45, 7) is 6.80. The number of nitrogens with one attached hydrogen (secondary N) is 3. The first-order chi connectivity index (χ1) is 19.0. The first-order valence-electron chi connectivity index (χ1n) is 13.4. The summed E-state index contributed by atoms with van der Waals surface area (Å²) in [7, 11) is 1.46. The summed E-state index contributed by atoms with van der Waals surface area (Å²) in [5.74, 6) is -2.75. The first-order valence-corrected chi connectivity index (χ1v) is 13.4. The van der Waals surface area contributed by atoms with E-state index >= 15 is 0 Å². The molecule has 12 nitrogen and oxygen atoms in total. The Kier molecular flexibility index (Phi) is 10.4. The van der Waals surface area contributed by atoms with Gasteiger partial charge in [-0.1, -0.05) is 49.3 Å². The van der Waals surface area contributed by atoms with Gasteiger partial charge in [-0.25, -0.2) is 0 Å². The lowest BCUT2D eigenvalue weighted by Gasteiger charge is -2.32. The van der Waals surface area contributed by atoms with Gasteiger partial charge in [0.25, 0.3) is 5.91 Å². The van der Waals surface area contributed by atoms with Crippen molar-refractivity contribution in [1.29, 1.82) is 0 Å². The molecule has 40 heavy (non-hydrogen) atoms. The summed E-state index contributed by atoms with van der Waals surface area (Å²) >= 11 is 0. The fourth-order valence-electron chi connectivity index (χ4n) is 4.42. The predicted molar refractivity (Wildman–Crippen MR) is 146 cm³/mol. The highest BCUT2D eigenvalue weighted by molar-refractivity contribution is 5.97. The highest BCUT2D eigenvalue weighted by Crippen LogP contribution is 2.13. The van der Waals surface area contributed by atoms with E-state index in [-0.39, 0.29) is 37.7 Å². The molecular weight excluding hydrogens is 516 g/mol. The van der Waals surface area contributed by atoms with Crippen molar-refractivity contribution in [2.45, 2.75) is 58.7 Å². The number of carbonyl (C=O) groups is 5. The molecule has 0 spiro atoms. The molecule has 3 rings (SSSR count). The lowest BCUT2D eigenvalue weighted by Crippen LogP contribution is -2.57. The van der Waals surface area contributed by atoms with Crippen LogP contribution in [0.4, 0.5) is 0 Å². The molecule has 1 aliphatic rings. The number of aryl methyl sites for hydroxylation is 1. The van der Waals surface area contributed by atoms with Gasteiger partial charge in [0.2, 0.25) is 29.4 Å². The second-order valence-electron chi connectivity index (χ2n) is 10.4. The van der Waals surface area contributed by atoms with E-state index in [0.717, 1.165) is 5.56 Å². The van der Waals surface area contributed by atoms with Crippen molar-refractivity contribution < 1.29 is 28.5 Å². The van der Waals surface area contributed by atoms with E-state index in [0.29, 0.717) is 12.1 Å². The van der Waals surface area contributed by atoms with Crippen molar-refractivity contribution in [2.75, 3.05) is 26.7 Å². The second kappa shape index (κ2) is 13.7. The Labute approximate surface area is 233 Å². The van der Waals surface area contributed by atoms with Gasteiger partial charge in [0.15, 0.2) is 0 Å². The van der Waals surface area contributed by atoms with Crippen LogP contribution < -0.4 is 16.0 Å². The summed E-state index contributed by atoms with van der Waals surface area (Å²) in [5.41, 5.74) is 1.37. The minimum atomic E-state index is -0.963. The molecule has 5 amide bonds.